The molecular weight excluding hydrogens is 585 g/mol. The summed E-state index contributed by atoms with van der Waals surface area (Å²) in [5.41, 5.74) is 1.96. The number of hydrogen-bond donors (Lipinski definition) is 3. The van der Waals surface area contributed by atoms with Gasteiger partial charge in [-0.3, -0.25) is 0 Å². The number of amides is 5. The molecule has 1 aromatic rings. The third-order valence-electron chi connectivity index (χ3n) is 7.19. The molecule has 1 aromatic carbocycles. The number of urea groups is 1. The number of imide groups is 1. The number of carbonyl (C=O) groups excluding carboxylic acids is 4. The number of carbonyl (C=O) groups is 4. The van der Waals surface area contributed by atoms with Crippen LogP contribution in [0.25, 0.3) is 0 Å². The molecule has 3 fully saturated rings. The van der Waals surface area contributed by atoms with Gasteiger partial charge in [0.15, 0.2) is 0 Å². The number of fused-ring (bicyclic) bond motifs is 1. The number of anilines is 1. The van der Waals surface area contributed by atoms with Crippen LogP contribution in [0, 0.1) is 5.41 Å². The van der Waals surface area contributed by atoms with Gasteiger partial charge in [-0.15, -0.1) is 0 Å². The molecule has 35 heavy (non-hydrogen) atoms. The third-order valence-corrected chi connectivity index (χ3v) is 10.7. The first kappa shape index (κ1) is 24.4. The predicted molar refractivity (Wildman–Crippen MR) is 126 cm³/mol. The van der Waals surface area contributed by atoms with Crippen molar-refractivity contribution in [2.45, 2.75) is 46.5 Å². The van der Waals surface area contributed by atoms with Crippen molar-refractivity contribution in [3.8, 4) is 0 Å². The number of alkyl halides is 2. The van der Waals surface area contributed by atoms with E-state index in [4.69, 9.17) is 11.6 Å². The van der Waals surface area contributed by atoms with Gasteiger partial charge in [0.25, 0.3) is 0 Å². The van der Waals surface area contributed by atoms with E-state index >= 15 is 0 Å². The topological polar surface area (TPSA) is 121 Å². The number of rotatable bonds is 7. The molecule has 11 heteroatoms. The summed E-state index contributed by atoms with van der Waals surface area (Å²) in [5.74, 6) is -0.976. The molecule has 9 nitrogen and oxygen atoms in total. The number of hydrogen-bond acceptors (Lipinski definition) is 5. The van der Waals surface area contributed by atoms with E-state index in [1.54, 1.807) is 23.1 Å². The van der Waals surface area contributed by atoms with Crippen LogP contribution >= 0.6 is 11.6 Å². The van der Waals surface area contributed by atoms with Crippen molar-refractivity contribution >= 4 is 41.0 Å². The van der Waals surface area contributed by atoms with Crippen LogP contribution in [-0.2, 0) is 9.59 Å². The van der Waals surface area contributed by atoms with E-state index in [1.165, 1.54) is 25.6 Å². The maximum absolute atomic E-state index is 13.2. The standard InChI is InChI=1S/C24H28ClIN5O4/c1-27-18(32)12-30-22(34)19-20(26-19)31(23(30)35)14-6-7-16(25)15(10-14)21(33)29-13-24(17-11-28-17)8-4-2-3-5-9-24/h6-7,10-11,19-20,28H,2-5,8-9,12-13H2,1H3,(H,27,32)(H,29,33)/q-1/t19?,20-/m1/s1. The van der Waals surface area contributed by atoms with Crippen molar-refractivity contribution in [3.63, 3.8) is 0 Å². The first-order valence-corrected chi connectivity index (χ1v) is 14.7. The Bertz CT molecular complexity index is 1120. The summed E-state index contributed by atoms with van der Waals surface area (Å²) in [4.78, 5) is 53.5. The van der Waals surface area contributed by atoms with Gasteiger partial charge in [0.2, 0.25) is 0 Å². The zero-order chi connectivity index (χ0) is 24.7. The van der Waals surface area contributed by atoms with Crippen LogP contribution in [0.5, 0.6) is 0 Å². The number of benzene rings is 1. The van der Waals surface area contributed by atoms with E-state index in [2.05, 4.69) is 16.0 Å². The van der Waals surface area contributed by atoms with Gasteiger partial charge in [-0.25, -0.2) is 0 Å². The van der Waals surface area contributed by atoms with Gasteiger partial charge in [0.1, 0.15) is 0 Å². The quantitative estimate of drug-likeness (QED) is 0.161. The van der Waals surface area contributed by atoms with Crippen molar-refractivity contribution in [1.29, 1.82) is 0 Å². The van der Waals surface area contributed by atoms with Gasteiger partial charge in [-0.2, -0.15) is 0 Å². The van der Waals surface area contributed by atoms with E-state index in [-0.39, 0.29) is 31.7 Å². The number of nitrogens with zero attached hydrogens (tertiary/aromatic N) is 2. The van der Waals surface area contributed by atoms with Gasteiger partial charge < -0.3 is 0 Å². The van der Waals surface area contributed by atoms with Crippen molar-refractivity contribution < 1.29 is 40.4 Å². The van der Waals surface area contributed by atoms with Gasteiger partial charge >= 0.3 is 220 Å². The van der Waals surface area contributed by atoms with Crippen molar-refractivity contribution in [1.82, 2.24) is 20.9 Å². The van der Waals surface area contributed by atoms with Crippen LogP contribution in [0.4, 0.5) is 10.5 Å². The molecule has 5 amide bonds. The zero-order valence-electron chi connectivity index (χ0n) is 19.4. The Labute approximate surface area is 219 Å². The molecule has 5 rings (SSSR count). The molecule has 1 saturated carbocycles. The number of halogens is 2. The summed E-state index contributed by atoms with van der Waals surface area (Å²) in [6.07, 6.45) is 8.79. The van der Waals surface area contributed by atoms with E-state index < -0.39 is 33.1 Å². The molecule has 0 radical (unpaired) electrons. The predicted octanol–water partition coefficient (Wildman–Crippen LogP) is -0.833. The van der Waals surface area contributed by atoms with E-state index in [0.717, 1.165) is 30.6 Å². The normalized spacial score (nSPS) is 24.8. The zero-order valence-corrected chi connectivity index (χ0v) is 22.3. The van der Waals surface area contributed by atoms with Crippen LogP contribution in [0.2, 0.25) is 5.02 Å². The molecule has 3 aliphatic heterocycles. The first-order chi connectivity index (χ1) is 16.8. The molecule has 2 atom stereocenters. The first-order valence-electron chi connectivity index (χ1n) is 11.9. The fourth-order valence-corrected chi connectivity index (χ4v) is 7.94. The second-order valence-electron chi connectivity index (χ2n) is 9.39. The molecule has 2 saturated heterocycles. The molecule has 0 bridgehead atoms. The molecule has 1 aliphatic carbocycles. The molecule has 188 valence electrons. The summed E-state index contributed by atoms with van der Waals surface area (Å²) >= 11 is 5.87. The Balaban J connectivity index is 1.34. The Hall–Kier alpha value is -2.34. The fourth-order valence-electron chi connectivity index (χ4n) is 5.03. The van der Waals surface area contributed by atoms with Gasteiger partial charge in [0, 0.05) is 0 Å². The van der Waals surface area contributed by atoms with Gasteiger partial charge in [-0.1, -0.05) is 0 Å². The monoisotopic (exact) mass is 612 g/mol. The third kappa shape index (κ3) is 4.74. The van der Waals surface area contributed by atoms with Crippen LogP contribution in [0.1, 0.15) is 48.9 Å². The van der Waals surface area contributed by atoms with E-state index in [9.17, 15) is 19.2 Å². The average molecular weight is 613 g/mol. The summed E-state index contributed by atoms with van der Waals surface area (Å²) < 4.78 is -0.382. The summed E-state index contributed by atoms with van der Waals surface area (Å²) in [6, 6.07) is 4.39. The Kier molecular flexibility index (Phi) is 6.69. The summed E-state index contributed by atoms with van der Waals surface area (Å²) in [5, 5.41) is 9.10. The van der Waals surface area contributed by atoms with Gasteiger partial charge in [-0.05, 0) is 0 Å². The second-order valence-corrected chi connectivity index (χ2v) is 13.1. The molecule has 0 aromatic heterocycles. The average Bonchev–Trinajstić information content (AvgIpc) is 3.74. The Morgan fingerprint density at radius 2 is 1.91 bits per heavy atom. The van der Waals surface area contributed by atoms with Crippen LogP contribution in [0.3, 0.4) is 0 Å². The van der Waals surface area contributed by atoms with Gasteiger partial charge in [0.05, 0.1) is 0 Å². The fraction of sp³-hybridized carbons (Fsp3) is 0.500. The second kappa shape index (κ2) is 9.61. The molecule has 3 heterocycles. The molecule has 4 aliphatic rings. The van der Waals surface area contributed by atoms with E-state index in [1.807, 2.05) is 6.20 Å². The summed E-state index contributed by atoms with van der Waals surface area (Å²) in [7, 11) is 1.46. The Morgan fingerprint density at radius 3 is 2.57 bits per heavy atom. The van der Waals surface area contributed by atoms with Crippen molar-refractivity contribution in [3.05, 3.63) is 40.7 Å². The minimum atomic E-state index is -0.545. The SMILES string of the molecule is CNC(=O)CN1C(=O)C2[I-][C@@H]2N(c2ccc(Cl)c(C(=O)NCC3(C4=CN4)CCCCCC3)c2)C1=O. The minimum absolute atomic E-state index is 0.0640. The molecule has 3 N–H and O–H groups in total. The number of nitrogens with one attached hydrogen (secondary N) is 3. The number of likely N-dealkylation sites (N-methyl/N-ethyl adjacent to an activating group) is 1. The molecular formula is C24H28ClIN5O4-. The van der Waals surface area contributed by atoms with Crippen LogP contribution < -0.4 is 42.1 Å². The van der Waals surface area contributed by atoms with Crippen molar-refractivity contribution in [2.75, 3.05) is 25.0 Å². The maximum atomic E-state index is 13.2. The molecule has 0 spiro atoms. The van der Waals surface area contributed by atoms with Crippen molar-refractivity contribution in [2.24, 2.45) is 5.41 Å². The van der Waals surface area contributed by atoms with Crippen LogP contribution in [0.15, 0.2) is 30.1 Å². The van der Waals surface area contributed by atoms with E-state index in [0.29, 0.717) is 22.8 Å². The molecule has 1 unspecified atom stereocenters. The Morgan fingerprint density at radius 1 is 1.20 bits per heavy atom. The van der Waals surface area contributed by atoms with Crippen LogP contribution in [-0.4, -0.2) is 56.8 Å². The summed E-state index contributed by atoms with van der Waals surface area (Å²) in [6.45, 7) is 0.211.